The number of carbonyl (C=O) groups excluding carboxylic acids is 2. The van der Waals surface area contributed by atoms with Crippen LogP contribution in [0.2, 0.25) is 0 Å². The molecule has 3 amide bonds. The largest absolute Gasteiger partial charge is 0.334 e. The fourth-order valence-electron chi connectivity index (χ4n) is 2.82. The molecular formula is C18H18BrN3O2. The van der Waals surface area contributed by atoms with Crippen LogP contribution in [0.15, 0.2) is 46.9 Å². The van der Waals surface area contributed by atoms with E-state index in [1.807, 2.05) is 36.4 Å². The quantitative estimate of drug-likeness (QED) is 0.843. The summed E-state index contributed by atoms with van der Waals surface area (Å²) < 4.78 is 0.911. The van der Waals surface area contributed by atoms with E-state index in [4.69, 9.17) is 0 Å². The van der Waals surface area contributed by atoms with E-state index in [0.29, 0.717) is 6.54 Å². The second-order valence-corrected chi connectivity index (χ2v) is 6.62. The number of hydrogen-bond acceptors (Lipinski definition) is 2. The van der Waals surface area contributed by atoms with Gasteiger partial charge in [-0.2, -0.15) is 0 Å². The van der Waals surface area contributed by atoms with E-state index < -0.39 is 0 Å². The molecule has 2 aromatic rings. The number of nitrogens with zero attached hydrogens (tertiary/aromatic N) is 1. The molecule has 0 spiro atoms. The Hall–Kier alpha value is -2.34. The van der Waals surface area contributed by atoms with Gasteiger partial charge in [-0.3, -0.25) is 4.79 Å². The van der Waals surface area contributed by atoms with Crippen molar-refractivity contribution in [1.82, 2.24) is 5.32 Å². The predicted octanol–water partition coefficient (Wildman–Crippen LogP) is 3.68. The maximum absolute atomic E-state index is 12.0. The molecule has 3 rings (SSSR count). The molecule has 0 unspecified atom stereocenters. The average Bonchev–Trinajstić information content (AvgIpc) is 2.96. The molecule has 0 saturated heterocycles. The number of anilines is 2. The Bertz CT molecular complexity index is 792. The first kappa shape index (κ1) is 16.5. The number of carbonyl (C=O) groups is 2. The van der Waals surface area contributed by atoms with Crippen LogP contribution in [-0.4, -0.2) is 18.5 Å². The summed E-state index contributed by atoms with van der Waals surface area (Å²) in [6.07, 6.45) is 0.854. The van der Waals surface area contributed by atoms with E-state index in [-0.39, 0.29) is 11.9 Å². The Balaban J connectivity index is 1.59. The number of amides is 3. The molecule has 0 aromatic heterocycles. The fraction of sp³-hybridized carbons (Fsp3) is 0.222. The van der Waals surface area contributed by atoms with Crippen molar-refractivity contribution in [3.63, 3.8) is 0 Å². The lowest BCUT2D eigenvalue weighted by Gasteiger charge is -2.15. The molecule has 5 nitrogen and oxygen atoms in total. The number of hydrogen-bond donors (Lipinski definition) is 2. The summed E-state index contributed by atoms with van der Waals surface area (Å²) in [6.45, 7) is 2.74. The lowest BCUT2D eigenvalue weighted by molar-refractivity contribution is -0.116. The molecule has 124 valence electrons. The second-order valence-electron chi connectivity index (χ2n) is 5.70. The lowest BCUT2D eigenvalue weighted by atomic mass is 10.1. The van der Waals surface area contributed by atoms with Crippen LogP contribution in [0.1, 0.15) is 18.1 Å². The van der Waals surface area contributed by atoms with Gasteiger partial charge in [0.2, 0.25) is 5.91 Å². The van der Waals surface area contributed by atoms with Crippen molar-refractivity contribution in [3.8, 4) is 0 Å². The summed E-state index contributed by atoms with van der Waals surface area (Å²) in [5.41, 5.74) is 3.87. The highest BCUT2D eigenvalue weighted by Gasteiger charge is 2.21. The van der Waals surface area contributed by atoms with Crippen molar-refractivity contribution >= 4 is 39.2 Å². The first-order valence-corrected chi connectivity index (χ1v) is 8.52. The number of nitrogens with one attached hydrogen (secondary N) is 2. The third kappa shape index (κ3) is 3.76. The fourth-order valence-corrected chi connectivity index (χ4v) is 3.22. The molecule has 6 heteroatoms. The van der Waals surface area contributed by atoms with Gasteiger partial charge in [0.05, 0.1) is 0 Å². The number of halogens is 1. The van der Waals surface area contributed by atoms with Gasteiger partial charge in [0, 0.05) is 35.9 Å². The Morgan fingerprint density at radius 2 is 2.04 bits per heavy atom. The normalized spacial score (nSPS) is 12.7. The highest BCUT2D eigenvalue weighted by molar-refractivity contribution is 9.10. The van der Waals surface area contributed by atoms with E-state index in [9.17, 15) is 9.59 Å². The molecule has 1 aliphatic heterocycles. The smallest absolute Gasteiger partial charge is 0.319 e. The third-order valence-electron chi connectivity index (χ3n) is 3.96. The van der Waals surface area contributed by atoms with Crippen LogP contribution in [-0.2, 0) is 17.8 Å². The highest BCUT2D eigenvalue weighted by Crippen LogP contribution is 2.28. The molecule has 2 aromatic carbocycles. The van der Waals surface area contributed by atoms with Gasteiger partial charge < -0.3 is 15.5 Å². The monoisotopic (exact) mass is 387 g/mol. The van der Waals surface area contributed by atoms with Crippen LogP contribution in [0, 0.1) is 0 Å². The van der Waals surface area contributed by atoms with E-state index in [2.05, 4.69) is 32.6 Å². The summed E-state index contributed by atoms with van der Waals surface area (Å²) >= 11 is 3.37. The van der Waals surface area contributed by atoms with Crippen molar-refractivity contribution in [1.29, 1.82) is 0 Å². The number of urea groups is 1. The van der Waals surface area contributed by atoms with E-state index >= 15 is 0 Å². The summed E-state index contributed by atoms with van der Waals surface area (Å²) in [6, 6.07) is 13.1. The van der Waals surface area contributed by atoms with Gasteiger partial charge in [-0.25, -0.2) is 4.79 Å². The van der Waals surface area contributed by atoms with Crippen molar-refractivity contribution in [2.75, 3.05) is 16.8 Å². The Labute approximate surface area is 149 Å². The Morgan fingerprint density at radius 1 is 1.21 bits per heavy atom. The number of fused-ring (bicyclic) bond motifs is 1. The highest BCUT2D eigenvalue weighted by atomic mass is 79.9. The van der Waals surface area contributed by atoms with E-state index in [1.165, 1.54) is 0 Å². The zero-order valence-electron chi connectivity index (χ0n) is 13.3. The van der Waals surface area contributed by atoms with Gasteiger partial charge in [0.1, 0.15) is 0 Å². The molecule has 0 aliphatic carbocycles. The molecular weight excluding hydrogens is 370 g/mol. The maximum Gasteiger partial charge on any atom is 0.319 e. The summed E-state index contributed by atoms with van der Waals surface area (Å²) in [5, 5.41) is 5.64. The van der Waals surface area contributed by atoms with Gasteiger partial charge in [0.15, 0.2) is 0 Å². The molecule has 24 heavy (non-hydrogen) atoms. The zero-order chi connectivity index (χ0) is 17.1. The molecule has 0 bridgehead atoms. The van der Waals surface area contributed by atoms with Crippen LogP contribution in [0.4, 0.5) is 16.2 Å². The SMILES string of the molecule is CC(=O)N1CCc2cc(CNC(=O)Nc3cccc(Br)c3)ccc21. The molecule has 0 radical (unpaired) electrons. The van der Waals surface area contributed by atoms with Crippen LogP contribution < -0.4 is 15.5 Å². The Kier molecular flexibility index (Phi) is 4.85. The molecule has 0 saturated carbocycles. The van der Waals surface area contributed by atoms with Crippen molar-refractivity contribution in [2.24, 2.45) is 0 Å². The van der Waals surface area contributed by atoms with Crippen LogP contribution in [0.5, 0.6) is 0 Å². The van der Waals surface area contributed by atoms with Gasteiger partial charge in [-0.05, 0) is 41.8 Å². The first-order valence-electron chi connectivity index (χ1n) is 7.73. The molecule has 1 heterocycles. The van der Waals surface area contributed by atoms with Crippen molar-refractivity contribution in [3.05, 3.63) is 58.1 Å². The van der Waals surface area contributed by atoms with E-state index in [1.54, 1.807) is 11.8 Å². The number of benzene rings is 2. The van der Waals surface area contributed by atoms with Crippen LogP contribution in [0.3, 0.4) is 0 Å². The zero-order valence-corrected chi connectivity index (χ0v) is 14.9. The molecule has 0 fully saturated rings. The maximum atomic E-state index is 12.0. The van der Waals surface area contributed by atoms with Gasteiger partial charge in [0.25, 0.3) is 0 Å². The van der Waals surface area contributed by atoms with E-state index in [0.717, 1.165) is 39.9 Å². The Morgan fingerprint density at radius 3 is 2.79 bits per heavy atom. The van der Waals surface area contributed by atoms with Crippen molar-refractivity contribution in [2.45, 2.75) is 19.9 Å². The lowest BCUT2D eigenvalue weighted by Crippen LogP contribution is -2.28. The number of rotatable bonds is 3. The molecule has 1 aliphatic rings. The first-order chi connectivity index (χ1) is 11.5. The second kappa shape index (κ2) is 7.05. The summed E-state index contributed by atoms with van der Waals surface area (Å²) in [7, 11) is 0. The minimum absolute atomic E-state index is 0.0630. The predicted molar refractivity (Wildman–Crippen MR) is 98.2 cm³/mol. The minimum Gasteiger partial charge on any atom is -0.334 e. The average molecular weight is 388 g/mol. The minimum atomic E-state index is -0.251. The van der Waals surface area contributed by atoms with Crippen molar-refractivity contribution < 1.29 is 9.59 Å². The molecule has 0 atom stereocenters. The van der Waals surface area contributed by atoms with Crippen LogP contribution in [0.25, 0.3) is 0 Å². The van der Waals surface area contributed by atoms with Gasteiger partial charge >= 0.3 is 6.03 Å². The topological polar surface area (TPSA) is 61.4 Å². The summed E-state index contributed by atoms with van der Waals surface area (Å²) in [5.74, 6) is 0.0630. The van der Waals surface area contributed by atoms with Gasteiger partial charge in [-0.15, -0.1) is 0 Å². The third-order valence-corrected chi connectivity index (χ3v) is 4.45. The molecule has 2 N–H and O–H groups in total. The summed E-state index contributed by atoms with van der Waals surface area (Å²) in [4.78, 5) is 25.3. The standard InChI is InChI=1S/C18H18BrN3O2/c1-12(23)22-8-7-14-9-13(5-6-17(14)22)11-20-18(24)21-16-4-2-3-15(19)10-16/h2-6,9-10H,7-8,11H2,1H3,(H2,20,21,24). The van der Waals surface area contributed by atoms with Crippen LogP contribution >= 0.6 is 15.9 Å². The van der Waals surface area contributed by atoms with Gasteiger partial charge in [-0.1, -0.05) is 34.1 Å².